The van der Waals surface area contributed by atoms with Crippen molar-refractivity contribution in [1.29, 1.82) is 0 Å². The summed E-state index contributed by atoms with van der Waals surface area (Å²) in [5.41, 5.74) is 1.56. The molecule has 0 amide bonds. The van der Waals surface area contributed by atoms with Crippen molar-refractivity contribution in [3.8, 4) is 11.5 Å². The van der Waals surface area contributed by atoms with Gasteiger partial charge in [-0.25, -0.2) is 0 Å². The Morgan fingerprint density at radius 1 is 0.900 bits per heavy atom. The lowest BCUT2D eigenvalue weighted by Crippen LogP contribution is -2.51. The Hall–Kier alpha value is -2.08. The lowest BCUT2D eigenvalue weighted by molar-refractivity contribution is -0.0321. The fraction of sp³-hybridized carbons (Fsp3) is 0.520. The van der Waals surface area contributed by atoms with Crippen LogP contribution in [0, 0.1) is 0 Å². The summed E-state index contributed by atoms with van der Waals surface area (Å²) in [5, 5.41) is 11.3. The number of methoxy groups -OCH3 is 2. The summed E-state index contributed by atoms with van der Waals surface area (Å²) >= 11 is 0. The molecule has 0 bridgehead atoms. The molecule has 2 aromatic carbocycles. The Kier molecular flexibility index (Phi) is 6.61. The van der Waals surface area contributed by atoms with Crippen molar-refractivity contribution in [3.63, 3.8) is 0 Å². The van der Waals surface area contributed by atoms with Gasteiger partial charge in [0.05, 0.1) is 19.8 Å². The van der Waals surface area contributed by atoms with Crippen molar-refractivity contribution in [2.75, 3.05) is 40.4 Å². The van der Waals surface area contributed by atoms with E-state index in [2.05, 4.69) is 40.1 Å². The molecule has 1 saturated carbocycles. The van der Waals surface area contributed by atoms with Crippen molar-refractivity contribution >= 4 is 0 Å². The average Bonchev–Trinajstić information content (AvgIpc) is 2.80. The first-order valence-corrected chi connectivity index (χ1v) is 11.1. The van der Waals surface area contributed by atoms with E-state index in [1.165, 1.54) is 5.56 Å². The predicted octanol–water partition coefficient (Wildman–Crippen LogP) is 3.65. The molecule has 0 unspecified atom stereocenters. The monoisotopic (exact) mass is 410 g/mol. The van der Waals surface area contributed by atoms with E-state index in [9.17, 15) is 5.11 Å². The smallest absolute Gasteiger partial charge is 0.161 e. The van der Waals surface area contributed by atoms with Crippen LogP contribution in [0.2, 0.25) is 0 Å². The number of hydrogen-bond donors (Lipinski definition) is 1. The summed E-state index contributed by atoms with van der Waals surface area (Å²) in [4.78, 5) is 5.18. The van der Waals surface area contributed by atoms with Gasteiger partial charge in [0.1, 0.15) is 0 Å². The second-order valence-corrected chi connectivity index (χ2v) is 8.63. The van der Waals surface area contributed by atoms with Gasteiger partial charge in [0.2, 0.25) is 0 Å². The molecule has 0 radical (unpaired) electrons. The van der Waals surface area contributed by atoms with Gasteiger partial charge in [-0.05, 0) is 48.9 Å². The highest BCUT2D eigenvalue weighted by atomic mass is 16.5. The van der Waals surface area contributed by atoms with E-state index in [1.807, 2.05) is 18.2 Å². The van der Waals surface area contributed by atoms with Crippen molar-refractivity contribution in [1.82, 2.24) is 9.80 Å². The zero-order chi connectivity index (χ0) is 21.0. The van der Waals surface area contributed by atoms with Gasteiger partial charge in [0.25, 0.3) is 0 Å². The first-order valence-electron chi connectivity index (χ1n) is 11.1. The minimum Gasteiger partial charge on any atom is -0.493 e. The third-order valence-corrected chi connectivity index (χ3v) is 6.88. The van der Waals surface area contributed by atoms with Crippen LogP contribution in [0.1, 0.15) is 36.8 Å². The zero-order valence-corrected chi connectivity index (χ0v) is 18.2. The molecule has 1 saturated heterocycles. The molecule has 2 aromatic rings. The maximum absolute atomic E-state index is 11.3. The molecule has 1 aliphatic heterocycles. The average molecular weight is 411 g/mol. The van der Waals surface area contributed by atoms with Crippen molar-refractivity contribution < 1.29 is 14.6 Å². The van der Waals surface area contributed by atoms with Crippen LogP contribution < -0.4 is 9.47 Å². The molecule has 4 rings (SSSR count). The summed E-state index contributed by atoms with van der Waals surface area (Å²) in [6.07, 6.45) is 3.64. The Morgan fingerprint density at radius 2 is 1.57 bits per heavy atom. The van der Waals surface area contributed by atoms with Gasteiger partial charge in [0.15, 0.2) is 11.5 Å². The predicted molar refractivity (Wildman–Crippen MR) is 119 cm³/mol. The number of aliphatic hydroxyl groups is 1. The van der Waals surface area contributed by atoms with Gasteiger partial charge in [-0.2, -0.15) is 0 Å². The molecule has 1 N–H and O–H groups in total. The molecular formula is C25H34N2O3. The lowest BCUT2D eigenvalue weighted by Gasteiger charge is -2.44. The van der Waals surface area contributed by atoms with Crippen molar-refractivity contribution in [3.05, 3.63) is 59.7 Å². The molecule has 30 heavy (non-hydrogen) atoms. The molecule has 0 atom stereocenters. The van der Waals surface area contributed by atoms with Crippen LogP contribution in [0.5, 0.6) is 11.5 Å². The lowest BCUT2D eigenvalue weighted by atomic mass is 9.77. The fourth-order valence-electron chi connectivity index (χ4n) is 4.99. The number of hydrogen-bond acceptors (Lipinski definition) is 5. The Bertz CT molecular complexity index is 810. The highest BCUT2D eigenvalue weighted by Gasteiger charge is 2.37. The Labute approximate surface area is 180 Å². The summed E-state index contributed by atoms with van der Waals surface area (Å²) in [6, 6.07) is 17.1. The maximum Gasteiger partial charge on any atom is 0.161 e. The number of nitrogens with zero attached hydrogens (tertiary/aromatic N) is 2. The summed E-state index contributed by atoms with van der Waals surface area (Å²) in [7, 11) is 3.27. The standard InChI is InChI=1S/C25H34N2O3/c1-29-23-9-8-21(18-24(23)30-2)25(28)12-10-22(11-13-25)27-16-14-26(15-17-27)19-20-6-4-3-5-7-20/h3-9,18,22,28H,10-17,19H2,1-2H3. The van der Waals surface area contributed by atoms with Crippen LogP contribution in [-0.4, -0.2) is 61.3 Å². The molecule has 162 valence electrons. The van der Waals surface area contributed by atoms with Gasteiger partial charge in [-0.3, -0.25) is 9.80 Å². The van der Waals surface area contributed by atoms with Gasteiger partial charge < -0.3 is 14.6 Å². The van der Waals surface area contributed by atoms with Crippen molar-refractivity contribution in [2.45, 2.75) is 43.9 Å². The van der Waals surface area contributed by atoms with E-state index in [0.29, 0.717) is 17.5 Å². The number of piperazine rings is 1. The molecular weight excluding hydrogens is 376 g/mol. The summed E-state index contributed by atoms with van der Waals surface area (Å²) in [5.74, 6) is 1.38. The maximum atomic E-state index is 11.3. The van der Waals surface area contributed by atoms with E-state index in [1.54, 1.807) is 14.2 Å². The SMILES string of the molecule is COc1ccc(C2(O)CCC(N3CCN(Cc4ccccc4)CC3)CC2)cc1OC. The number of benzene rings is 2. The second kappa shape index (κ2) is 9.38. The Morgan fingerprint density at radius 3 is 2.20 bits per heavy atom. The second-order valence-electron chi connectivity index (χ2n) is 8.63. The van der Waals surface area contributed by atoms with Crippen LogP contribution in [0.25, 0.3) is 0 Å². The first kappa shape index (κ1) is 21.2. The van der Waals surface area contributed by atoms with E-state index in [4.69, 9.17) is 9.47 Å². The third kappa shape index (κ3) is 4.64. The topological polar surface area (TPSA) is 45.2 Å². The minimum absolute atomic E-state index is 0.573. The van der Waals surface area contributed by atoms with Gasteiger partial charge in [0, 0.05) is 38.8 Å². The van der Waals surface area contributed by atoms with Crippen LogP contribution >= 0.6 is 0 Å². The molecule has 0 aromatic heterocycles. The molecule has 2 fully saturated rings. The van der Waals surface area contributed by atoms with Crippen LogP contribution in [-0.2, 0) is 12.1 Å². The summed E-state index contributed by atoms with van der Waals surface area (Å²) < 4.78 is 10.8. The van der Waals surface area contributed by atoms with E-state index < -0.39 is 5.60 Å². The van der Waals surface area contributed by atoms with Gasteiger partial charge >= 0.3 is 0 Å². The van der Waals surface area contributed by atoms with E-state index in [-0.39, 0.29) is 0 Å². The van der Waals surface area contributed by atoms with Crippen molar-refractivity contribution in [2.24, 2.45) is 0 Å². The van der Waals surface area contributed by atoms with Crippen LogP contribution in [0.4, 0.5) is 0 Å². The van der Waals surface area contributed by atoms with Crippen LogP contribution in [0.15, 0.2) is 48.5 Å². The Balaban J connectivity index is 1.30. The van der Waals surface area contributed by atoms with Gasteiger partial charge in [-0.15, -0.1) is 0 Å². The van der Waals surface area contributed by atoms with Gasteiger partial charge in [-0.1, -0.05) is 36.4 Å². The van der Waals surface area contributed by atoms with E-state index >= 15 is 0 Å². The van der Waals surface area contributed by atoms with E-state index in [0.717, 1.165) is 64.0 Å². The normalized spacial score (nSPS) is 25.8. The highest BCUT2D eigenvalue weighted by molar-refractivity contribution is 5.44. The first-order chi connectivity index (χ1) is 14.6. The minimum atomic E-state index is -0.773. The quantitative estimate of drug-likeness (QED) is 0.788. The molecule has 0 spiro atoms. The highest BCUT2D eigenvalue weighted by Crippen LogP contribution is 2.41. The third-order valence-electron chi connectivity index (χ3n) is 6.88. The van der Waals surface area contributed by atoms with Crippen LogP contribution in [0.3, 0.4) is 0 Å². The number of rotatable bonds is 6. The molecule has 5 nitrogen and oxygen atoms in total. The largest absolute Gasteiger partial charge is 0.493 e. The molecule has 2 aliphatic rings. The molecule has 5 heteroatoms. The molecule has 1 heterocycles. The fourth-order valence-corrected chi connectivity index (χ4v) is 4.99. The number of ether oxygens (including phenoxy) is 2. The molecule has 1 aliphatic carbocycles. The summed E-state index contributed by atoms with van der Waals surface area (Å²) in [6.45, 7) is 5.51. The zero-order valence-electron chi connectivity index (χ0n) is 18.2.